The van der Waals surface area contributed by atoms with Crippen LogP contribution in [0.1, 0.15) is 48.5 Å². The highest BCUT2D eigenvalue weighted by Gasteiger charge is 2.19. The van der Waals surface area contributed by atoms with E-state index in [0.29, 0.717) is 6.17 Å². The maximum absolute atomic E-state index is 2.28. The van der Waals surface area contributed by atoms with Gasteiger partial charge in [0.1, 0.15) is 6.17 Å². The highest BCUT2D eigenvalue weighted by molar-refractivity contribution is 5.86. The molecule has 0 radical (unpaired) electrons. The van der Waals surface area contributed by atoms with Crippen molar-refractivity contribution in [2.24, 2.45) is 0 Å². The first kappa shape index (κ1) is 21.0. The number of hydrogen-bond acceptors (Lipinski definition) is 2. The second-order valence-corrected chi connectivity index (χ2v) is 4.53. The van der Waals surface area contributed by atoms with Crippen molar-refractivity contribution in [3.05, 3.63) is 54.9 Å². The Morgan fingerprint density at radius 2 is 1.30 bits per heavy atom. The van der Waals surface area contributed by atoms with Crippen molar-refractivity contribution < 1.29 is 0 Å². The van der Waals surface area contributed by atoms with E-state index in [1.165, 1.54) is 16.5 Å². The summed E-state index contributed by atoms with van der Waals surface area (Å²) in [6.07, 6.45) is 4.63. The smallest absolute Gasteiger partial charge is 0.102 e. The summed E-state index contributed by atoms with van der Waals surface area (Å²) in [5, 5.41) is 2.58. The SMILES string of the molecule is CC.CC.CC.CC1N(C)C=CN1c1ccc2ccccc2c1. The van der Waals surface area contributed by atoms with Crippen molar-refractivity contribution in [2.45, 2.75) is 54.6 Å². The molecule has 2 nitrogen and oxygen atoms in total. The van der Waals surface area contributed by atoms with E-state index in [1.807, 2.05) is 41.5 Å². The lowest BCUT2D eigenvalue weighted by molar-refractivity contribution is 0.383. The fraction of sp³-hybridized carbons (Fsp3) is 0.429. The zero-order valence-corrected chi connectivity index (χ0v) is 16.2. The molecule has 1 unspecified atom stereocenters. The molecule has 2 aromatic carbocycles. The molecule has 0 saturated carbocycles. The molecule has 1 aliphatic heterocycles. The van der Waals surface area contributed by atoms with E-state index < -0.39 is 0 Å². The summed E-state index contributed by atoms with van der Waals surface area (Å²) in [5.41, 5.74) is 1.25. The third kappa shape index (κ3) is 5.31. The minimum absolute atomic E-state index is 0.385. The summed E-state index contributed by atoms with van der Waals surface area (Å²) in [6.45, 7) is 14.2. The number of benzene rings is 2. The fourth-order valence-corrected chi connectivity index (χ4v) is 2.26. The topological polar surface area (TPSA) is 6.48 Å². The van der Waals surface area contributed by atoms with Crippen LogP contribution in [0.25, 0.3) is 10.8 Å². The maximum Gasteiger partial charge on any atom is 0.102 e. The molecular weight excluding hydrogens is 280 g/mol. The summed E-state index contributed by atoms with van der Waals surface area (Å²) in [4.78, 5) is 4.49. The zero-order valence-electron chi connectivity index (χ0n) is 16.2. The van der Waals surface area contributed by atoms with Crippen LogP contribution in [0.4, 0.5) is 5.69 Å². The van der Waals surface area contributed by atoms with Crippen molar-refractivity contribution in [1.29, 1.82) is 0 Å². The molecule has 23 heavy (non-hydrogen) atoms. The Hall–Kier alpha value is -1.96. The highest BCUT2D eigenvalue weighted by Crippen LogP contribution is 2.27. The van der Waals surface area contributed by atoms with Gasteiger partial charge in [-0.05, 0) is 29.8 Å². The van der Waals surface area contributed by atoms with E-state index >= 15 is 0 Å². The predicted molar refractivity (Wildman–Crippen MR) is 107 cm³/mol. The minimum atomic E-state index is 0.385. The molecular formula is C21H34N2. The Morgan fingerprint density at radius 3 is 1.83 bits per heavy atom. The van der Waals surface area contributed by atoms with Gasteiger partial charge in [-0.2, -0.15) is 0 Å². The van der Waals surface area contributed by atoms with Crippen molar-refractivity contribution >= 4 is 16.5 Å². The largest absolute Gasteiger partial charge is 0.359 e. The van der Waals surface area contributed by atoms with Gasteiger partial charge >= 0.3 is 0 Å². The molecule has 0 aromatic heterocycles. The summed E-state index contributed by atoms with van der Waals surface area (Å²) < 4.78 is 0. The Labute approximate surface area is 143 Å². The number of rotatable bonds is 1. The molecule has 0 fully saturated rings. The van der Waals surface area contributed by atoms with Crippen LogP contribution in [0.15, 0.2) is 54.9 Å². The molecule has 0 aliphatic carbocycles. The third-order valence-corrected chi connectivity index (χ3v) is 3.49. The number of hydrogen-bond donors (Lipinski definition) is 0. The van der Waals surface area contributed by atoms with Crippen LogP contribution >= 0.6 is 0 Å². The molecule has 3 rings (SSSR count). The third-order valence-electron chi connectivity index (χ3n) is 3.49. The maximum atomic E-state index is 2.28. The molecule has 1 atom stereocenters. The van der Waals surface area contributed by atoms with Gasteiger partial charge in [0.15, 0.2) is 0 Å². The molecule has 0 amide bonds. The molecule has 0 spiro atoms. The van der Waals surface area contributed by atoms with Gasteiger partial charge in [0.25, 0.3) is 0 Å². The molecule has 0 bridgehead atoms. The number of fused-ring (bicyclic) bond motifs is 1. The molecule has 2 aromatic rings. The standard InChI is InChI=1S/C15H16N2.3C2H6/c1-12-16(2)9-10-17(12)15-8-7-13-5-3-4-6-14(13)11-15;3*1-2/h3-12H,1-2H3;3*1-2H3. The van der Waals surface area contributed by atoms with E-state index in [9.17, 15) is 0 Å². The Bertz CT molecular complexity index is 575. The van der Waals surface area contributed by atoms with Gasteiger partial charge in [0.2, 0.25) is 0 Å². The molecule has 1 aliphatic rings. The fourth-order valence-electron chi connectivity index (χ4n) is 2.26. The second kappa shape index (κ2) is 11.6. The summed E-state index contributed by atoms with van der Waals surface area (Å²) in [6, 6.07) is 15.1. The van der Waals surface area contributed by atoms with Gasteiger partial charge in [-0.15, -0.1) is 0 Å². The average Bonchev–Trinajstić information content (AvgIpc) is 2.99. The number of anilines is 1. The zero-order chi connectivity index (χ0) is 17.8. The molecule has 128 valence electrons. The van der Waals surface area contributed by atoms with Crippen LogP contribution in [-0.2, 0) is 0 Å². The van der Waals surface area contributed by atoms with Crippen LogP contribution in [0, 0.1) is 0 Å². The second-order valence-electron chi connectivity index (χ2n) is 4.53. The first-order valence-electron chi connectivity index (χ1n) is 8.93. The summed E-state index contributed by atoms with van der Waals surface area (Å²) >= 11 is 0. The lowest BCUT2D eigenvalue weighted by Gasteiger charge is -2.27. The number of nitrogens with zero attached hydrogens (tertiary/aromatic N) is 2. The van der Waals surface area contributed by atoms with Crippen LogP contribution in [0.2, 0.25) is 0 Å². The van der Waals surface area contributed by atoms with Crippen LogP contribution in [0.3, 0.4) is 0 Å². The highest BCUT2D eigenvalue weighted by atomic mass is 15.4. The first-order chi connectivity index (χ1) is 11.3. The van der Waals surface area contributed by atoms with E-state index in [2.05, 4.69) is 78.6 Å². The van der Waals surface area contributed by atoms with E-state index in [-0.39, 0.29) is 0 Å². The monoisotopic (exact) mass is 314 g/mol. The van der Waals surface area contributed by atoms with Crippen molar-refractivity contribution in [3.63, 3.8) is 0 Å². The van der Waals surface area contributed by atoms with Crippen LogP contribution < -0.4 is 4.90 Å². The van der Waals surface area contributed by atoms with Gasteiger partial charge in [-0.25, -0.2) is 0 Å². The predicted octanol–water partition coefficient (Wildman–Crippen LogP) is 6.49. The van der Waals surface area contributed by atoms with Crippen molar-refractivity contribution in [3.8, 4) is 0 Å². The Balaban J connectivity index is 0.000000728. The van der Waals surface area contributed by atoms with Crippen molar-refractivity contribution in [2.75, 3.05) is 11.9 Å². The molecule has 0 N–H and O–H groups in total. The molecule has 1 heterocycles. The molecule has 2 heteroatoms. The first-order valence-corrected chi connectivity index (χ1v) is 8.93. The summed E-state index contributed by atoms with van der Waals surface area (Å²) in [5.74, 6) is 0. The quantitative estimate of drug-likeness (QED) is 0.593. The van der Waals surface area contributed by atoms with Gasteiger partial charge in [-0.1, -0.05) is 71.9 Å². The van der Waals surface area contributed by atoms with Crippen molar-refractivity contribution in [1.82, 2.24) is 4.90 Å². The Kier molecular flexibility index (Phi) is 10.6. The summed E-state index contributed by atoms with van der Waals surface area (Å²) in [7, 11) is 2.10. The lowest BCUT2D eigenvalue weighted by Crippen LogP contribution is -2.33. The van der Waals surface area contributed by atoms with Crippen LogP contribution in [-0.4, -0.2) is 18.1 Å². The van der Waals surface area contributed by atoms with Gasteiger partial charge < -0.3 is 9.80 Å². The minimum Gasteiger partial charge on any atom is -0.359 e. The van der Waals surface area contributed by atoms with E-state index in [1.54, 1.807) is 0 Å². The van der Waals surface area contributed by atoms with Gasteiger partial charge in [0, 0.05) is 25.1 Å². The average molecular weight is 315 g/mol. The van der Waals surface area contributed by atoms with Crippen LogP contribution in [0.5, 0.6) is 0 Å². The van der Waals surface area contributed by atoms with Gasteiger partial charge in [0.05, 0.1) is 0 Å². The Morgan fingerprint density at radius 1 is 0.739 bits per heavy atom. The van der Waals surface area contributed by atoms with Gasteiger partial charge in [-0.3, -0.25) is 0 Å². The van der Waals surface area contributed by atoms with E-state index in [0.717, 1.165) is 0 Å². The van der Waals surface area contributed by atoms with E-state index in [4.69, 9.17) is 0 Å². The molecule has 0 saturated heterocycles. The lowest BCUT2D eigenvalue weighted by atomic mass is 10.1. The normalized spacial score (nSPS) is 15.0.